The summed E-state index contributed by atoms with van der Waals surface area (Å²) < 4.78 is 0. The zero-order valence-electron chi connectivity index (χ0n) is 11.9. The van der Waals surface area contributed by atoms with Crippen LogP contribution in [0.2, 0.25) is 0 Å². The monoisotopic (exact) mass is 281 g/mol. The zero-order chi connectivity index (χ0) is 15.0. The minimum atomic E-state index is -1.11. The molecule has 6 heteroatoms. The highest BCUT2D eigenvalue weighted by Gasteiger charge is 2.23. The number of carboxylic acid groups (broad SMARTS) is 1. The second-order valence-electron chi connectivity index (χ2n) is 5.03. The highest BCUT2D eigenvalue weighted by atomic mass is 16.4. The third-order valence-electron chi connectivity index (χ3n) is 3.39. The number of amides is 2. The molecule has 1 aliphatic heterocycles. The van der Waals surface area contributed by atoms with Gasteiger partial charge in [0.1, 0.15) is 6.04 Å². The van der Waals surface area contributed by atoms with Crippen molar-refractivity contribution in [2.24, 2.45) is 0 Å². The van der Waals surface area contributed by atoms with Crippen LogP contribution in [0, 0.1) is 12.3 Å². The van der Waals surface area contributed by atoms with Gasteiger partial charge in [-0.25, -0.2) is 9.59 Å². The molecule has 112 valence electrons. The summed E-state index contributed by atoms with van der Waals surface area (Å²) in [6, 6.07) is -1.38. The molecule has 20 heavy (non-hydrogen) atoms. The fourth-order valence-electron chi connectivity index (χ4n) is 2.32. The molecule has 0 bridgehead atoms. The number of carbonyl (C=O) groups is 2. The highest BCUT2D eigenvalue weighted by Crippen LogP contribution is 2.10. The first-order chi connectivity index (χ1) is 9.56. The third kappa shape index (κ3) is 5.49. The number of terminal acetylenes is 1. The van der Waals surface area contributed by atoms with E-state index in [9.17, 15) is 9.59 Å². The minimum Gasteiger partial charge on any atom is -0.480 e. The van der Waals surface area contributed by atoms with Crippen molar-refractivity contribution >= 4 is 12.0 Å². The van der Waals surface area contributed by atoms with Crippen molar-refractivity contribution in [2.75, 3.05) is 19.6 Å². The Labute approximate surface area is 119 Å². The lowest BCUT2D eigenvalue weighted by atomic mass is 10.1. The molecule has 1 aliphatic rings. The van der Waals surface area contributed by atoms with Gasteiger partial charge in [-0.05, 0) is 25.8 Å². The molecule has 6 nitrogen and oxygen atoms in total. The second kappa shape index (κ2) is 8.43. The third-order valence-corrected chi connectivity index (χ3v) is 3.39. The number of likely N-dealkylation sites (tertiary alicyclic amines) is 1. The first-order valence-electron chi connectivity index (χ1n) is 7.02. The fraction of sp³-hybridized carbons (Fsp3) is 0.714. The predicted molar refractivity (Wildman–Crippen MR) is 76.3 cm³/mol. The number of urea groups is 1. The van der Waals surface area contributed by atoms with E-state index < -0.39 is 18.0 Å². The quantitative estimate of drug-likeness (QED) is 0.624. The Kier molecular flexibility index (Phi) is 6.88. The first-order valence-corrected chi connectivity index (χ1v) is 7.02. The van der Waals surface area contributed by atoms with Crippen LogP contribution in [-0.4, -0.2) is 53.7 Å². The molecule has 1 fully saturated rings. The molecule has 0 aromatic rings. The Bertz CT molecular complexity index is 370. The van der Waals surface area contributed by atoms with Gasteiger partial charge >= 0.3 is 12.0 Å². The van der Waals surface area contributed by atoms with Gasteiger partial charge in [0.15, 0.2) is 0 Å². The molecule has 1 heterocycles. The first kappa shape index (κ1) is 16.3. The molecule has 0 aromatic heterocycles. The fourth-order valence-corrected chi connectivity index (χ4v) is 2.32. The SMILES string of the molecule is C#CCC(NC(=O)NC1CCN(CCC)CC1)C(=O)O. The zero-order valence-corrected chi connectivity index (χ0v) is 11.9. The van der Waals surface area contributed by atoms with Gasteiger partial charge in [-0.1, -0.05) is 6.92 Å². The Morgan fingerprint density at radius 1 is 1.45 bits per heavy atom. The van der Waals surface area contributed by atoms with Crippen LogP contribution in [0.3, 0.4) is 0 Å². The molecule has 3 N–H and O–H groups in total. The molecule has 2 amide bonds. The van der Waals surface area contributed by atoms with Crippen molar-refractivity contribution in [1.82, 2.24) is 15.5 Å². The maximum atomic E-state index is 11.7. The number of nitrogens with one attached hydrogen (secondary N) is 2. The van der Waals surface area contributed by atoms with Gasteiger partial charge in [0.05, 0.1) is 0 Å². The molecular formula is C14H23N3O3. The van der Waals surface area contributed by atoms with Crippen LogP contribution >= 0.6 is 0 Å². The van der Waals surface area contributed by atoms with Crippen LogP contribution in [0.5, 0.6) is 0 Å². The Morgan fingerprint density at radius 2 is 2.10 bits per heavy atom. The summed E-state index contributed by atoms with van der Waals surface area (Å²) in [5, 5.41) is 14.1. The van der Waals surface area contributed by atoms with Crippen molar-refractivity contribution in [3.8, 4) is 12.3 Å². The normalized spacial score (nSPS) is 18.0. The van der Waals surface area contributed by atoms with E-state index in [1.54, 1.807) is 0 Å². The van der Waals surface area contributed by atoms with E-state index in [0.29, 0.717) is 0 Å². The van der Waals surface area contributed by atoms with E-state index in [1.807, 2.05) is 0 Å². The summed E-state index contributed by atoms with van der Waals surface area (Å²) in [7, 11) is 0. The van der Waals surface area contributed by atoms with E-state index in [2.05, 4.69) is 28.4 Å². The molecular weight excluding hydrogens is 258 g/mol. The minimum absolute atomic E-state index is 0.0162. The average Bonchev–Trinajstić information content (AvgIpc) is 2.40. The van der Waals surface area contributed by atoms with E-state index in [0.717, 1.165) is 38.9 Å². The molecule has 0 aliphatic carbocycles. The Balaban J connectivity index is 2.33. The van der Waals surface area contributed by atoms with Crippen molar-refractivity contribution in [3.63, 3.8) is 0 Å². The number of rotatable bonds is 6. The van der Waals surface area contributed by atoms with Gasteiger partial charge in [0.2, 0.25) is 0 Å². The van der Waals surface area contributed by atoms with Crippen LogP contribution in [0.4, 0.5) is 4.79 Å². The van der Waals surface area contributed by atoms with Gasteiger partial charge in [-0.3, -0.25) is 0 Å². The largest absolute Gasteiger partial charge is 0.480 e. The maximum absolute atomic E-state index is 11.7. The number of nitrogens with zero attached hydrogens (tertiary/aromatic N) is 1. The van der Waals surface area contributed by atoms with Gasteiger partial charge in [0.25, 0.3) is 0 Å². The summed E-state index contributed by atoms with van der Waals surface area (Å²) >= 11 is 0. The highest BCUT2D eigenvalue weighted by molar-refractivity contribution is 5.82. The van der Waals surface area contributed by atoms with E-state index >= 15 is 0 Å². The smallest absolute Gasteiger partial charge is 0.327 e. The summed E-state index contributed by atoms with van der Waals surface area (Å²) in [5.41, 5.74) is 0. The summed E-state index contributed by atoms with van der Waals surface area (Å²) in [6.07, 6.45) is 7.97. The van der Waals surface area contributed by atoms with Crippen LogP contribution in [0.15, 0.2) is 0 Å². The van der Waals surface area contributed by atoms with Gasteiger partial charge in [-0.15, -0.1) is 12.3 Å². The predicted octanol–water partition coefficient (Wildman–Crippen LogP) is 0.636. The Hall–Kier alpha value is -1.74. The lowest BCUT2D eigenvalue weighted by molar-refractivity contribution is -0.139. The second-order valence-corrected chi connectivity index (χ2v) is 5.03. The van der Waals surface area contributed by atoms with E-state index in [1.165, 1.54) is 0 Å². The average molecular weight is 281 g/mol. The van der Waals surface area contributed by atoms with Crippen molar-refractivity contribution in [3.05, 3.63) is 0 Å². The van der Waals surface area contributed by atoms with Crippen LogP contribution in [0.25, 0.3) is 0 Å². The summed E-state index contributed by atoms with van der Waals surface area (Å²) in [4.78, 5) is 25.0. The molecule has 0 saturated carbocycles. The number of hydrogen-bond acceptors (Lipinski definition) is 3. The standard InChI is InChI=1S/C14H23N3O3/c1-3-5-12(13(18)19)16-14(20)15-11-6-9-17(8-4-2)10-7-11/h1,11-12H,4-10H2,2H3,(H,18,19)(H2,15,16,20). The van der Waals surface area contributed by atoms with Crippen LogP contribution in [0.1, 0.15) is 32.6 Å². The van der Waals surface area contributed by atoms with Crippen molar-refractivity contribution in [1.29, 1.82) is 0 Å². The van der Waals surface area contributed by atoms with Crippen LogP contribution < -0.4 is 10.6 Å². The van der Waals surface area contributed by atoms with Crippen LogP contribution in [-0.2, 0) is 4.79 Å². The number of aliphatic carboxylic acids is 1. The summed E-state index contributed by atoms with van der Waals surface area (Å²) in [5.74, 6) is 1.13. The molecule has 1 atom stereocenters. The lowest BCUT2D eigenvalue weighted by Crippen LogP contribution is -2.51. The van der Waals surface area contributed by atoms with E-state index in [4.69, 9.17) is 11.5 Å². The molecule has 0 spiro atoms. The van der Waals surface area contributed by atoms with Gasteiger partial charge < -0.3 is 20.6 Å². The van der Waals surface area contributed by atoms with E-state index in [-0.39, 0.29) is 12.5 Å². The molecule has 0 aromatic carbocycles. The molecule has 1 unspecified atom stereocenters. The number of hydrogen-bond donors (Lipinski definition) is 3. The molecule has 1 saturated heterocycles. The lowest BCUT2D eigenvalue weighted by Gasteiger charge is -2.32. The van der Waals surface area contributed by atoms with Crippen molar-refractivity contribution < 1.29 is 14.7 Å². The number of piperidine rings is 1. The van der Waals surface area contributed by atoms with Gasteiger partial charge in [-0.2, -0.15) is 0 Å². The molecule has 0 radical (unpaired) electrons. The topological polar surface area (TPSA) is 81.7 Å². The number of carbonyl (C=O) groups excluding carboxylic acids is 1. The molecule has 1 rings (SSSR count). The number of carboxylic acids is 1. The summed E-state index contributed by atoms with van der Waals surface area (Å²) in [6.45, 7) is 5.16. The van der Waals surface area contributed by atoms with Gasteiger partial charge in [0, 0.05) is 25.6 Å². The Morgan fingerprint density at radius 3 is 2.60 bits per heavy atom. The van der Waals surface area contributed by atoms with Crippen molar-refractivity contribution in [2.45, 2.75) is 44.7 Å². The maximum Gasteiger partial charge on any atom is 0.327 e.